The summed E-state index contributed by atoms with van der Waals surface area (Å²) >= 11 is 5.91. The topological polar surface area (TPSA) is 52.1 Å². The summed E-state index contributed by atoms with van der Waals surface area (Å²) in [5.74, 6) is 1.21. The molecule has 0 saturated carbocycles. The van der Waals surface area contributed by atoms with Gasteiger partial charge < -0.3 is 14.2 Å². The van der Waals surface area contributed by atoms with Gasteiger partial charge >= 0.3 is 6.18 Å². The van der Waals surface area contributed by atoms with Gasteiger partial charge in [-0.25, -0.2) is 0 Å². The summed E-state index contributed by atoms with van der Waals surface area (Å²) in [5, 5.41) is 4.04. The fraction of sp³-hybridized carbons (Fsp3) is 0.235. The molecule has 26 heavy (non-hydrogen) atoms. The average molecular weight is 389 g/mol. The van der Waals surface area contributed by atoms with Crippen LogP contribution in [0.5, 0.6) is 17.2 Å². The molecule has 5 nitrogen and oxygen atoms in total. The Morgan fingerprint density at radius 2 is 1.69 bits per heavy atom. The molecule has 0 atom stereocenters. The molecule has 0 radical (unpaired) electrons. The third kappa shape index (κ3) is 4.32. The third-order valence-electron chi connectivity index (χ3n) is 3.42. The Morgan fingerprint density at radius 3 is 2.27 bits per heavy atom. The van der Waals surface area contributed by atoms with E-state index in [1.54, 1.807) is 12.1 Å². The summed E-state index contributed by atoms with van der Waals surface area (Å²) in [4.78, 5) is 0. The Kier molecular flexibility index (Phi) is 6.20. The number of rotatable bonds is 6. The van der Waals surface area contributed by atoms with Crippen molar-refractivity contribution in [3.8, 4) is 17.2 Å². The lowest BCUT2D eigenvalue weighted by molar-refractivity contribution is -0.137. The molecule has 0 aliphatic rings. The third-order valence-corrected chi connectivity index (χ3v) is 3.75. The molecule has 0 fully saturated rings. The van der Waals surface area contributed by atoms with Crippen molar-refractivity contribution in [2.24, 2.45) is 5.10 Å². The van der Waals surface area contributed by atoms with Crippen molar-refractivity contribution >= 4 is 23.5 Å². The van der Waals surface area contributed by atoms with Crippen LogP contribution in [0, 0.1) is 0 Å². The molecule has 2 aromatic carbocycles. The highest BCUT2D eigenvalue weighted by atomic mass is 35.5. The van der Waals surface area contributed by atoms with Gasteiger partial charge in [-0.2, -0.15) is 18.3 Å². The second kappa shape index (κ2) is 8.18. The van der Waals surface area contributed by atoms with E-state index in [9.17, 15) is 13.2 Å². The number of anilines is 1. The number of halogens is 4. The number of ether oxygens (including phenoxy) is 3. The van der Waals surface area contributed by atoms with Crippen LogP contribution in [0.3, 0.4) is 0 Å². The number of nitrogens with one attached hydrogen (secondary N) is 1. The highest BCUT2D eigenvalue weighted by Crippen LogP contribution is 2.39. The van der Waals surface area contributed by atoms with E-state index in [0.717, 1.165) is 18.2 Å². The molecule has 140 valence electrons. The fourth-order valence-corrected chi connectivity index (χ4v) is 2.34. The molecule has 2 rings (SSSR count). The van der Waals surface area contributed by atoms with Crippen molar-refractivity contribution in [3.05, 3.63) is 46.5 Å². The number of methoxy groups -OCH3 is 3. The zero-order valence-electron chi connectivity index (χ0n) is 14.1. The SMILES string of the molecule is COc1ccc(/C=N/Nc2cc(C(F)(F)F)ccc2Cl)c(OC)c1OC. The van der Waals surface area contributed by atoms with Gasteiger partial charge in [0.2, 0.25) is 5.75 Å². The highest BCUT2D eigenvalue weighted by molar-refractivity contribution is 6.33. The van der Waals surface area contributed by atoms with Gasteiger partial charge in [-0.05, 0) is 30.3 Å². The Morgan fingerprint density at radius 1 is 1.00 bits per heavy atom. The Balaban J connectivity index is 2.29. The molecule has 0 bridgehead atoms. The van der Waals surface area contributed by atoms with Crippen molar-refractivity contribution in [2.45, 2.75) is 6.18 Å². The number of benzene rings is 2. The quantitative estimate of drug-likeness (QED) is 0.569. The van der Waals surface area contributed by atoms with E-state index in [1.807, 2.05) is 0 Å². The molecule has 0 aromatic heterocycles. The van der Waals surface area contributed by atoms with Gasteiger partial charge in [0.25, 0.3) is 0 Å². The van der Waals surface area contributed by atoms with Gasteiger partial charge in [-0.3, -0.25) is 5.43 Å². The smallest absolute Gasteiger partial charge is 0.416 e. The molecule has 0 amide bonds. The first-order valence-electron chi connectivity index (χ1n) is 7.26. The number of alkyl halides is 3. The minimum absolute atomic E-state index is 0.0252. The first-order chi connectivity index (χ1) is 12.3. The average Bonchev–Trinajstić information content (AvgIpc) is 2.61. The Hall–Kier alpha value is -2.61. The maximum Gasteiger partial charge on any atom is 0.416 e. The highest BCUT2D eigenvalue weighted by Gasteiger charge is 2.30. The molecule has 0 unspecified atom stereocenters. The second-order valence-electron chi connectivity index (χ2n) is 4.99. The van der Waals surface area contributed by atoms with Crippen molar-refractivity contribution in [1.82, 2.24) is 0 Å². The number of hydrazone groups is 1. The summed E-state index contributed by atoms with van der Waals surface area (Å²) in [6.45, 7) is 0. The van der Waals surface area contributed by atoms with Crippen LogP contribution in [0.2, 0.25) is 5.02 Å². The number of nitrogens with zero attached hydrogens (tertiary/aromatic N) is 1. The minimum atomic E-state index is -4.47. The zero-order chi connectivity index (χ0) is 19.3. The standard InChI is InChI=1S/C17H16ClF3N2O3/c1-24-14-7-4-10(15(25-2)16(14)26-3)9-22-23-13-8-11(17(19,20)21)5-6-12(13)18/h4-9,23H,1-3H3/b22-9+. The van der Waals surface area contributed by atoms with E-state index in [-0.39, 0.29) is 10.7 Å². The maximum atomic E-state index is 12.8. The first-order valence-corrected chi connectivity index (χ1v) is 7.64. The molecule has 0 saturated heterocycles. The van der Waals surface area contributed by atoms with E-state index >= 15 is 0 Å². The van der Waals surface area contributed by atoms with Crippen molar-refractivity contribution in [3.63, 3.8) is 0 Å². The largest absolute Gasteiger partial charge is 0.493 e. The van der Waals surface area contributed by atoms with Crippen LogP contribution in [0.4, 0.5) is 18.9 Å². The molecule has 0 spiro atoms. The summed E-state index contributed by atoms with van der Waals surface area (Å²) in [6, 6.07) is 6.25. The zero-order valence-corrected chi connectivity index (χ0v) is 14.9. The van der Waals surface area contributed by atoms with E-state index in [1.165, 1.54) is 27.5 Å². The van der Waals surface area contributed by atoms with Gasteiger partial charge in [0.05, 0.1) is 43.8 Å². The molecule has 2 aromatic rings. The maximum absolute atomic E-state index is 12.8. The molecule has 0 aliphatic heterocycles. The predicted molar refractivity (Wildman–Crippen MR) is 93.8 cm³/mol. The van der Waals surface area contributed by atoms with E-state index in [4.69, 9.17) is 25.8 Å². The van der Waals surface area contributed by atoms with Crippen LogP contribution in [0.15, 0.2) is 35.4 Å². The normalized spacial score (nSPS) is 11.5. The van der Waals surface area contributed by atoms with Gasteiger partial charge in [0.15, 0.2) is 11.5 Å². The van der Waals surface area contributed by atoms with Crippen LogP contribution >= 0.6 is 11.6 Å². The lowest BCUT2D eigenvalue weighted by Gasteiger charge is -2.14. The van der Waals surface area contributed by atoms with Gasteiger partial charge in [-0.1, -0.05) is 11.6 Å². The van der Waals surface area contributed by atoms with Crippen molar-refractivity contribution in [2.75, 3.05) is 26.8 Å². The number of hydrogen-bond donors (Lipinski definition) is 1. The number of hydrogen-bond acceptors (Lipinski definition) is 5. The van der Waals surface area contributed by atoms with E-state index < -0.39 is 11.7 Å². The summed E-state index contributed by atoms with van der Waals surface area (Å²) in [5.41, 5.74) is 2.22. The summed E-state index contributed by atoms with van der Waals surface area (Å²) in [6.07, 6.45) is -3.10. The minimum Gasteiger partial charge on any atom is -0.493 e. The molecule has 9 heteroatoms. The molecular formula is C17H16ClF3N2O3. The summed E-state index contributed by atoms with van der Waals surface area (Å²) < 4.78 is 54.1. The van der Waals surface area contributed by atoms with Crippen LogP contribution in [-0.2, 0) is 6.18 Å². The van der Waals surface area contributed by atoms with Crippen LogP contribution in [0.25, 0.3) is 0 Å². The van der Waals surface area contributed by atoms with Gasteiger partial charge in [0.1, 0.15) is 0 Å². The van der Waals surface area contributed by atoms with Gasteiger partial charge in [0, 0.05) is 5.56 Å². The van der Waals surface area contributed by atoms with Crippen molar-refractivity contribution in [1.29, 1.82) is 0 Å². The molecule has 1 N–H and O–H groups in total. The van der Waals surface area contributed by atoms with E-state index in [2.05, 4.69) is 10.5 Å². The van der Waals surface area contributed by atoms with Gasteiger partial charge in [-0.15, -0.1) is 0 Å². The monoisotopic (exact) mass is 388 g/mol. The molecule has 0 aliphatic carbocycles. The lowest BCUT2D eigenvalue weighted by atomic mass is 10.2. The van der Waals surface area contributed by atoms with Crippen LogP contribution < -0.4 is 19.6 Å². The van der Waals surface area contributed by atoms with Crippen LogP contribution in [-0.4, -0.2) is 27.5 Å². The fourth-order valence-electron chi connectivity index (χ4n) is 2.18. The molecular weight excluding hydrogens is 373 g/mol. The summed E-state index contributed by atoms with van der Waals surface area (Å²) in [7, 11) is 4.40. The molecule has 0 heterocycles. The lowest BCUT2D eigenvalue weighted by Crippen LogP contribution is -2.05. The van der Waals surface area contributed by atoms with Crippen molar-refractivity contribution < 1.29 is 27.4 Å². The first kappa shape index (κ1) is 19.7. The predicted octanol–water partition coefficient (Wildman–Crippen LogP) is 4.83. The van der Waals surface area contributed by atoms with E-state index in [0.29, 0.717) is 22.8 Å². The van der Waals surface area contributed by atoms with Crippen LogP contribution in [0.1, 0.15) is 11.1 Å². The second-order valence-corrected chi connectivity index (χ2v) is 5.39. The Labute approximate surface area is 153 Å². The Bertz CT molecular complexity index is 811.